The lowest BCUT2D eigenvalue weighted by Crippen LogP contribution is -1.95. The highest BCUT2D eigenvalue weighted by molar-refractivity contribution is 6.21. The van der Waals surface area contributed by atoms with E-state index in [1.807, 2.05) is 97.9 Å². The highest BCUT2D eigenvalue weighted by Crippen LogP contribution is 2.46. The van der Waals surface area contributed by atoms with Crippen LogP contribution in [0.2, 0.25) is 0 Å². The maximum absolute atomic E-state index is 10.2. The second-order valence-corrected chi connectivity index (χ2v) is 11.4. The molecule has 214 valence electrons. The van der Waals surface area contributed by atoms with Crippen molar-refractivity contribution in [2.75, 3.05) is 0 Å². The van der Waals surface area contributed by atoms with Crippen LogP contribution in [0, 0.1) is 22.7 Å². The molecule has 0 aliphatic heterocycles. The molecule has 8 aromatic rings. The van der Waals surface area contributed by atoms with E-state index in [-0.39, 0.29) is 0 Å². The van der Waals surface area contributed by atoms with Crippen molar-refractivity contribution >= 4 is 65.7 Å². The summed E-state index contributed by atoms with van der Waals surface area (Å²) in [4.78, 5) is 0. The summed E-state index contributed by atoms with van der Waals surface area (Å²) in [5.41, 5.74) is 6.82. The molecule has 1 aromatic heterocycles. The van der Waals surface area contributed by atoms with Crippen LogP contribution in [0.1, 0.15) is 34.9 Å². The highest BCUT2D eigenvalue weighted by atomic mass is 16.3. The third kappa shape index (κ3) is 3.83. The van der Waals surface area contributed by atoms with Crippen LogP contribution < -0.4 is 0 Å². The first-order valence-electron chi connectivity index (χ1n) is 15.2. The van der Waals surface area contributed by atoms with Gasteiger partial charge in [0.1, 0.15) is 23.5 Å². The number of nitrogens with zero attached hydrogens (tertiary/aromatic N) is 2. The average Bonchev–Trinajstić information content (AvgIpc) is 3.48. The smallest absolute Gasteiger partial charge is 0.142 e. The minimum atomic E-state index is 0.655. The zero-order valence-corrected chi connectivity index (χ0v) is 25.1. The van der Waals surface area contributed by atoms with Crippen molar-refractivity contribution in [3.8, 4) is 23.3 Å². The molecule has 0 amide bonds. The van der Waals surface area contributed by atoms with Crippen LogP contribution in [-0.2, 0) is 0 Å². The second-order valence-electron chi connectivity index (χ2n) is 11.4. The largest absolute Gasteiger partial charge is 0.455 e. The number of nitriles is 2. The molecule has 0 aliphatic carbocycles. The minimum Gasteiger partial charge on any atom is -0.455 e. The van der Waals surface area contributed by atoms with Crippen LogP contribution in [0.5, 0.6) is 0 Å². The standard InChI is InChI=1S/C43H26N2O/c1-3-13-36-42-35(41-33-20-10-6-16-29(33)38(25-45)30-17-7-11-21-34(30)41)22-12-23-39(42)46-43(36)26(2)40-31-18-8-4-14-27(31)37(24-44)28-15-5-9-19-32(28)40/h3-23H,2H2,1H3/b13-3-. The van der Waals surface area contributed by atoms with Gasteiger partial charge in [0, 0.05) is 43.6 Å². The van der Waals surface area contributed by atoms with Crippen molar-refractivity contribution in [2.24, 2.45) is 0 Å². The van der Waals surface area contributed by atoms with Gasteiger partial charge in [0.2, 0.25) is 0 Å². The summed E-state index contributed by atoms with van der Waals surface area (Å²) in [7, 11) is 0. The Labute approximate surface area is 266 Å². The van der Waals surface area contributed by atoms with Gasteiger partial charge >= 0.3 is 0 Å². The highest BCUT2D eigenvalue weighted by Gasteiger charge is 2.25. The Morgan fingerprint density at radius 3 is 1.54 bits per heavy atom. The van der Waals surface area contributed by atoms with E-state index < -0.39 is 0 Å². The molecule has 0 radical (unpaired) electrons. The second kappa shape index (κ2) is 10.6. The summed E-state index contributed by atoms with van der Waals surface area (Å²) in [6, 6.07) is 43.4. The van der Waals surface area contributed by atoms with E-state index in [0.29, 0.717) is 16.9 Å². The van der Waals surface area contributed by atoms with Crippen LogP contribution in [0.25, 0.3) is 76.8 Å². The number of furan rings is 1. The van der Waals surface area contributed by atoms with Crippen LogP contribution >= 0.6 is 0 Å². The van der Waals surface area contributed by atoms with Gasteiger partial charge in [0.25, 0.3) is 0 Å². The van der Waals surface area contributed by atoms with Gasteiger partial charge in [0.15, 0.2) is 0 Å². The number of allylic oxidation sites excluding steroid dienone is 1. The van der Waals surface area contributed by atoms with Gasteiger partial charge in [-0.05, 0) is 45.7 Å². The molecule has 0 aliphatic rings. The molecule has 0 saturated heterocycles. The molecule has 3 nitrogen and oxygen atoms in total. The number of hydrogen-bond acceptors (Lipinski definition) is 3. The van der Waals surface area contributed by atoms with Crippen molar-refractivity contribution in [1.29, 1.82) is 10.5 Å². The summed E-state index contributed by atoms with van der Waals surface area (Å²) in [5.74, 6) is 0.683. The molecule has 0 unspecified atom stereocenters. The zero-order valence-electron chi connectivity index (χ0n) is 25.1. The van der Waals surface area contributed by atoms with Crippen LogP contribution in [0.3, 0.4) is 0 Å². The van der Waals surface area contributed by atoms with Crippen molar-refractivity contribution in [3.63, 3.8) is 0 Å². The van der Waals surface area contributed by atoms with E-state index in [4.69, 9.17) is 4.42 Å². The van der Waals surface area contributed by atoms with Gasteiger partial charge in [-0.3, -0.25) is 0 Å². The van der Waals surface area contributed by atoms with E-state index in [1.54, 1.807) is 0 Å². The Morgan fingerprint density at radius 1 is 0.609 bits per heavy atom. The van der Waals surface area contributed by atoms with Gasteiger partial charge in [-0.2, -0.15) is 10.5 Å². The fourth-order valence-electron chi connectivity index (χ4n) is 7.16. The molecule has 0 bridgehead atoms. The SMILES string of the molecule is C=C(c1oc2cccc(-c3c4ccccc4c(C#N)c4ccccc34)c2c1/C=C\C)c1c2ccccc2c(C#N)c2ccccc12. The fourth-order valence-corrected chi connectivity index (χ4v) is 7.16. The summed E-state index contributed by atoms with van der Waals surface area (Å²) >= 11 is 0. The van der Waals surface area contributed by atoms with Crippen molar-refractivity contribution in [1.82, 2.24) is 0 Å². The van der Waals surface area contributed by atoms with Gasteiger partial charge in [-0.1, -0.05) is 128 Å². The lowest BCUT2D eigenvalue weighted by Gasteiger charge is -2.16. The summed E-state index contributed by atoms with van der Waals surface area (Å²) in [5, 5.41) is 29.0. The summed E-state index contributed by atoms with van der Waals surface area (Å²) in [6.07, 6.45) is 4.12. The summed E-state index contributed by atoms with van der Waals surface area (Å²) < 4.78 is 6.79. The quantitative estimate of drug-likeness (QED) is 0.193. The van der Waals surface area contributed by atoms with E-state index in [2.05, 4.69) is 55.1 Å². The van der Waals surface area contributed by atoms with Crippen LogP contribution in [-0.4, -0.2) is 0 Å². The van der Waals surface area contributed by atoms with Crippen molar-refractivity contribution in [3.05, 3.63) is 156 Å². The van der Waals surface area contributed by atoms with E-state index in [0.717, 1.165) is 81.9 Å². The van der Waals surface area contributed by atoms with Gasteiger partial charge in [-0.15, -0.1) is 0 Å². The number of benzene rings is 7. The minimum absolute atomic E-state index is 0.655. The van der Waals surface area contributed by atoms with Gasteiger partial charge in [0.05, 0.1) is 11.1 Å². The first-order valence-corrected chi connectivity index (χ1v) is 15.2. The molecule has 46 heavy (non-hydrogen) atoms. The molecular formula is C43H26N2O. The number of fused-ring (bicyclic) bond motifs is 5. The third-order valence-electron chi connectivity index (χ3n) is 9.02. The molecule has 0 N–H and O–H groups in total. The monoisotopic (exact) mass is 586 g/mol. The lowest BCUT2D eigenvalue weighted by atomic mass is 9.85. The van der Waals surface area contributed by atoms with E-state index >= 15 is 0 Å². The molecular weight excluding hydrogens is 560 g/mol. The zero-order chi connectivity index (χ0) is 31.4. The molecule has 0 spiro atoms. The molecule has 0 fully saturated rings. The Balaban J connectivity index is 1.49. The predicted octanol–water partition coefficient (Wildman–Crippen LogP) is 11.6. The van der Waals surface area contributed by atoms with E-state index in [1.165, 1.54) is 0 Å². The third-order valence-corrected chi connectivity index (χ3v) is 9.02. The number of hydrogen-bond donors (Lipinski definition) is 0. The van der Waals surface area contributed by atoms with Crippen LogP contribution in [0.4, 0.5) is 0 Å². The predicted molar refractivity (Wildman–Crippen MR) is 190 cm³/mol. The molecule has 7 aromatic carbocycles. The van der Waals surface area contributed by atoms with Gasteiger partial charge in [-0.25, -0.2) is 0 Å². The number of rotatable bonds is 4. The summed E-state index contributed by atoms with van der Waals surface area (Å²) in [6.45, 7) is 6.67. The Morgan fingerprint density at radius 2 is 1.07 bits per heavy atom. The van der Waals surface area contributed by atoms with Crippen molar-refractivity contribution in [2.45, 2.75) is 6.92 Å². The van der Waals surface area contributed by atoms with Crippen LogP contribution in [0.15, 0.2) is 132 Å². The molecule has 3 heteroatoms. The Bertz CT molecular complexity index is 2580. The fraction of sp³-hybridized carbons (Fsp3) is 0.0233. The van der Waals surface area contributed by atoms with Crippen molar-refractivity contribution < 1.29 is 4.42 Å². The average molecular weight is 587 g/mol. The Hall–Kier alpha value is -6.42. The first kappa shape index (κ1) is 27.2. The Kier molecular flexibility index (Phi) is 6.28. The molecule has 0 saturated carbocycles. The van der Waals surface area contributed by atoms with E-state index in [9.17, 15) is 10.5 Å². The molecule has 1 heterocycles. The molecule has 8 rings (SSSR count). The maximum Gasteiger partial charge on any atom is 0.142 e. The topological polar surface area (TPSA) is 60.7 Å². The lowest BCUT2D eigenvalue weighted by molar-refractivity contribution is 0.600. The normalized spacial score (nSPS) is 11.5. The maximum atomic E-state index is 10.2. The van der Waals surface area contributed by atoms with Gasteiger partial charge < -0.3 is 4.42 Å². The first-order chi connectivity index (χ1) is 22.7. The molecule has 0 atom stereocenters.